The van der Waals surface area contributed by atoms with Crippen molar-refractivity contribution in [2.75, 3.05) is 38.0 Å². The average Bonchev–Trinajstić information content (AvgIpc) is 3.23. The smallest absolute Gasteiger partial charge is 0.256 e. The lowest BCUT2D eigenvalue weighted by Gasteiger charge is -2.34. The number of aromatic amines is 1. The largest absolute Gasteiger partial charge is 0.325 e. The second-order valence-electron chi connectivity index (χ2n) is 8.94. The molecular formula is C26H25N5O2. The number of piperazine rings is 1. The molecule has 1 aliphatic heterocycles. The van der Waals surface area contributed by atoms with Gasteiger partial charge in [-0.05, 0) is 47.0 Å². The maximum Gasteiger partial charge on any atom is 0.256 e. The molecule has 3 heterocycles. The van der Waals surface area contributed by atoms with Gasteiger partial charge in [-0.1, -0.05) is 12.1 Å². The number of carbonyl (C=O) groups is 1. The molecule has 0 radical (unpaired) electrons. The number of nitrogens with zero attached hydrogens (tertiary/aromatic N) is 3. The zero-order valence-corrected chi connectivity index (χ0v) is 18.3. The molecule has 7 nitrogen and oxygen atoms in total. The highest BCUT2D eigenvalue weighted by atomic mass is 16.2. The van der Waals surface area contributed by atoms with Crippen LogP contribution in [0.5, 0.6) is 0 Å². The third-order valence-corrected chi connectivity index (χ3v) is 6.84. The molecule has 0 atom stereocenters. The van der Waals surface area contributed by atoms with Crippen molar-refractivity contribution in [3.05, 3.63) is 81.9 Å². The van der Waals surface area contributed by atoms with Crippen molar-refractivity contribution >= 4 is 33.3 Å². The zero-order chi connectivity index (χ0) is 22.4. The van der Waals surface area contributed by atoms with Gasteiger partial charge < -0.3 is 10.3 Å². The molecule has 0 spiro atoms. The highest BCUT2D eigenvalue weighted by Crippen LogP contribution is 2.39. The van der Waals surface area contributed by atoms with E-state index in [2.05, 4.69) is 43.3 Å². The van der Waals surface area contributed by atoms with Gasteiger partial charge in [-0.25, -0.2) is 0 Å². The fourth-order valence-corrected chi connectivity index (χ4v) is 5.19. The van der Waals surface area contributed by atoms with E-state index >= 15 is 0 Å². The Labute approximate surface area is 191 Å². The number of anilines is 1. The molecular weight excluding hydrogens is 414 g/mol. The number of benzene rings is 2. The second kappa shape index (κ2) is 8.10. The highest BCUT2D eigenvalue weighted by molar-refractivity contribution is 6.14. The molecule has 2 aromatic heterocycles. The lowest BCUT2D eigenvalue weighted by molar-refractivity contribution is -0.117. The van der Waals surface area contributed by atoms with E-state index in [-0.39, 0.29) is 11.5 Å². The van der Waals surface area contributed by atoms with Crippen LogP contribution >= 0.6 is 0 Å². The Balaban J connectivity index is 1.14. The Hall–Kier alpha value is -3.55. The van der Waals surface area contributed by atoms with Gasteiger partial charge in [0.2, 0.25) is 5.91 Å². The minimum Gasteiger partial charge on any atom is -0.325 e. The maximum absolute atomic E-state index is 12.9. The van der Waals surface area contributed by atoms with Gasteiger partial charge in [-0.15, -0.1) is 0 Å². The SMILES string of the molecule is O=C(CN1CCN(Cc2ccncc2)CC1)Nc1ccc2[nH]c(=O)c3cccc4c3c2c1C4. The number of rotatable bonds is 5. The summed E-state index contributed by atoms with van der Waals surface area (Å²) in [5.41, 5.74) is 5.11. The van der Waals surface area contributed by atoms with Crippen LogP contribution in [-0.2, 0) is 17.8 Å². The molecule has 1 amide bonds. The van der Waals surface area contributed by atoms with Crippen molar-refractivity contribution in [1.29, 1.82) is 0 Å². The zero-order valence-electron chi connectivity index (χ0n) is 18.3. The quantitative estimate of drug-likeness (QED) is 0.412. The summed E-state index contributed by atoms with van der Waals surface area (Å²) in [6, 6.07) is 13.8. The third kappa shape index (κ3) is 3.69. The molecule has 2 aliphatic rings. The standard InChI is InChI=1S/C26H25N5O2/c32-23(16-31-12-10-30(11-13-31)15-17-6-8-27-9-7-17)28-21-4-5-22-25-20(21)14-18-2-1-3-19(24(18)25)26(33)29-22/h1-9H,10-16H2,(H,28,32)(H,29,33). The number of H-pyrrole nitrogens is 1. The summed E-state index contributed by atoms with van der Waals surface area (Å²) in [6.45, 7) is 4.93. The average molecular weight is 440 g/mol. The Kier molecular flexibility index (Phi) is 4.93. The number of amides is 1. The van der Waals surface area contributed by atoms with E-state index in [0.717, 1.165) is 72.2 Å². The van der Waals surface area contributed by atoms with E-state index < -0.39 is 0 Å². The number of aromatic nitrogens is 2. The van der Waals surface area contributed by atoms with E-state index in [4.69, 9.17) is 0 Å². The Morgan fingerprint density at radius 1 is 0.970 bits per heavy atom. The lowest BCUT2D eigenvalue weighted by atomic mass is 10.1. The number of pyridine rings is 2. The summed E-state index contributed by atoms with van der Waals surface area (Å²) < 4.78 is 0. The summed E-state index contributed by atoms with van der Waals surface area (Å²) in [5, 5.41) is 5.94. The molecule has 7 heteroatoms. The molecule has 6 rings (SSSR count). The van der Waals surface area contributed by atoms with Gasteiger partial charge >= 0.3 is 0 Å². The molecule has 2 aromatic carbocycles. The van der Waals surface area contributed by atoms with Gasteiger partial charge in [0.1, 0.15) is 0 Å². The Morgan fingerprint density at radius 3 is 2.58 bits per heavy atom. The van der Waals surface area contributed by atoms with Crippen LogP contribution in [0.1, 0.15) is 16.7 Å². The first kappa shape index (κ1) is 20.1. The van der Waals surface area contributed by atoms with E-state index in [0.29, 0.717) is 11.9 Å². The summed E-state index contributed by atoms with van der Waals surface area (Å²) in [6.07, 6.45) is 4.38. The van der Waals surface area contributed by atoms with Crippen molar-refractivity contribution in [3.8, 4) is 0 Å². The van der Waals surface area contributed by atoms with Crippen LogP contribution in [0.2, 0.25) is 0 Å². The lowest BCUT2D eigenvalue weighted by Crippen LogP contribution is -2.48. The number of carbonyl (C=O) groups excluding carboxylic acids is 1. The molecule has 0 unspecified atom stereocenters. The van der Waals surface area contributed by atoms with Crippen molar-refractivity contribution in [2.45, 2.75) is 13.0 Å². The highest BCUT2D eigenvalue weighted by Gasteiger charge is 2.24. The molecule has 1 fully saturated rings. The molecule has 1 aliphatic carbocycles. The van der Waals surface area contributed by atoms with Gasteiger partial charge in [0, 0.05) is 78.9 Å². The predicted octanol–water partition coefficient (Wildman–Crippen LogP) is 2.74. The molecule has 1 saturated heterocycles. The fraction of sp³-hybridized carbons (Fsp3) is 0.269. The van der Waals surface area contributed by atoms with Crippen LogP contribution in [0.4, 0.5) is 5.69 Å². The molecule has 0 bridgehead atoms. The first-order chi connectivity index (χ1) is 16.2. The molecule has 33 heavy (non-hydrogen) atoms. The predicted molar refractivity (Wildman–Crippen MR) is 129 cm³/mol. The minimum atomic E-state index is -0.0629. The second-order valence-corrected chi connectivity index (χ2v) is 8.94. The van der Waals surface area contributed by atoms with Gasteiger partial charge in [-0.3, -0.25) is 24.4 Å². The van der Waals surface area contributed by atoms with Gasteiger partial charge in [0.25, 0.3) is 5.56 Å². The number of nitrogens with one attached hydrogen (secondary N) is 2. The van der Waals surface area contributed by atoms with Crippen LogP contribution < -0.4 is 10.9 Å². The van der Waals surface area contributed by atoms with Crippen LogP contribution in [0, 0.1) is 0 Å². The molecule has 2 N–H and O–H groups in total. The Bertz CT molecular complexity index is 1420. The van der Waals surface area contributed by atoms with Crippen LogP contribution in [0.3, 0.4) is 0 Å². The normalized spacial score (nSPS) is 16.1. The van der Waals surface area contributed by atoms with E-state index in [1.165, 1.54) is 5.56 Å². The van der Waals surface area contributed by atoms with Gasteiger partial charge in [0.05, 0.1) is 6.54 Å². The Morgan fingerprint density at radius 2 is 1.76 bits per heavy atom. The molecule has 0 saturated carbocycles. The van der Waals surface area contributed by atoms with Crippen LogP contribution in [0.25, 0.3) is 21.7 Å². The van der Waals surface area contributed by atoms with Gasteiger partial charge in [0.15, 0.2) is 0 Å². The van der Waals surface area contributed by atoms with Crippen LogP contribution in [0.15, 0.2) is 59.7 Å². The fourth-order valence-electron chi connectivity index (χ4n) is 5.19. The number of hydrogen-bond donors (Lipinski definition) is 2. The first-order valence-corrected chi connectivity index (χ1v) is 11.4. The maximum atomic E-state index is 12.9. The van der Waals surface area contributed by atoms with Crippen molar-refractivity contribution in [2.24, 2.45) is 0 Å². The monoisotopic (exact) mass is 439 g/mol. The topological polar surface area (TPSA) is 81.3 Å². The van der Waals surface area contributed by atoms with Crippen molar-refractivity contribution in [1.82, 2.24) is 19.8 Å². The van der Waals surface area contributed by atoms with Crippen LogP contribution in [-0.4, -0.2) is 58.4 Å². The van der Waals surface area contributed by atoms with Gasteiger partial charge in [-0.2, -0.15) is 0 Å². The third-order valence-electron chi connectivity index (χ3n) is 6.84. The minimum absolute atomic E-state index is 0.00445. The molecule has 4 aromatic rings. The van der Waals surface area contributed by atoms with Crippen molar-refractivity contribution in [3.63, 3.8) is 0 Å². The van der Waals surface area contributed by atoms with Crippen molar-refractivity contribution < 1.29 is 4.79 Å². The summed E-state index contributed by atoms with van der Waals surface area (Å²) in [7, 11) is 0. The van der Waals surface area contributed by atoms with E-state index in [9.17, 15) is 9.59 Å². The first-order valence-electron chi connectivity index (χ1n) is 11.4. The number of hydrogen-bond acceptors (Lipinski definition) is 5. The van der Waals surface area contributed by atoms with E-state index in [1.54, 1.807) is 0 Å². The molecule has 166 valence electrons. The summed E-state index contributed by atoms with van der Waals surface area (Å²) >= 11 is 0. The summed E-state index contributed by atoms with van der Waals surface area (Å²) in [4.78, 5) is 37.0. The summed E-state index contributed by atoms with van der Waals surface area (Å²) in [5.74, 6) is 0.00445. The van der Waals surface area contributed by atoms with E-state index in [1.807, 2.05) is 36.7 Å².